The van der Waals surface area contributed by atoms with Crippen LogP contribution in [0.1, 0.15) is 56.5 Å². The molecule has 2 atom stereocenters. The van der Waals surface area contributed by atoms with Crippen molar-refractivity contribution in [3.8, 4) is 11.3 Å². The van der Waals surface area contributed by atoms with Crippen LogP contribution >= 0.6 is 0 Å². The van der Waals surface area contributed by atoms with E-state index in [9.17, 15) is 13.2 Å². The van der Waals surface area contributed by atoms with Crippen LogP contribution in [0.5, 0.6) is 0 Å². The second-order valence-electron chi connectivity index (χ2n) is 7.71. The zero-order valence-electron chi connectivity index (χ0n) is 14.1. The van der Waals surface area contributed by atoms with E-state index >= 15 is 0 Å². The van der Waals surface area contributed by atoms with E-state index in [1.807, 2.05) is 0 Å². The molecule has 2 aromatic heterocycles. The van der Waals surface area contributed by atoms with Crippen molar-refractivity contribution >= 4 is 0 Å². The summed E-state index contributed by atoms with van der Waals surface area (Å²) in [7, 11) is 1.29. The Hall–Kier alpha value is -1.92. The van der Waals surface area contributed by atoms with Crippen LogP contribution in [0, 0.1) is 5.41 Å². The Morgan fingerprint density at radius 2 is 1.92 bits per heavy atom. The van der Waals surface area contributed by atoms with Gasteiger partial charge in [0.1, 0.15) is 0 Å². The normalized spacial score (nSPS) is 27.5. The Labute approximate surface area is 138 Å². The summed E-state index contributed by atoms with van der Waals surface area (Å²) >= 11 is 0. The summed E-state index contributed by atoms with van der Waals surface area (Å²) in [6.07, 6.45) is -1.17. The zero-order chi connectivity index (χ0) is 17.5. The second-order valence-corrected chi connectivity index (χ2v) is 7.71. The SMILES string of the molecule is Cn1ncc(-c2cc3c(nn2)[C@@]2(C)CC[C@@H]3C2(C)C)c1C(F)(F)F. The van der Waals surface area contributed by atoms with Gasteiger partial charge in [-0.05, 0) is 35.8 Å². The Morgan fingerprint density at radius 1 is 1.21 bits per heavy atom. The van der Waals surface area contributed by atoms with E-state index in [1.165, 1.54) is 13.2 Å². The van der Waals surface area contributed by atoms with Crippen molar-refractivity contribution in [2.24, 2.45) is 12.5 Å². The van der Waals surface area contributed by atoms with Gasteiger partial charge in [0.15, 0.2) is 5.69 Å². The van der Waals surface area contributed by atoms with Crippen LogP contribution < -0.4 is 0 Å². The van der Waals surface area contributed by atoms with Crippen molar-refractivity contribution in [3.63, 3.8) is 0 Å². The van der Waals surface area contributed by atoms with E-state index in [0.29, 0.717) is 5.92 Å². The van der Waals surface area contributed by atoms with Gasteiger partial charge in [0.25, 0.3) is 0 Å². The van der Waals surface area contributed by atoms with Crippen LogP contribution in [0.3, 0.4) is 0 Å². The average molecular weight is 336 g/mol. The van der Waals surface area contributed by atoms with E-state index in [1.54, 1.807) is 6.07 Å². The molecule has 2 heterocycles. The quantitative estimate of drug-likeness (QED) is 0.788. The van der Waals surface area contributed by atoms with Gasteiger partial charge in [-0.2, -0.15) is 28.5 Å². The first kappa shape index (κ1) is 15.6. The summed E-state index contributed by atoms with van der Waals surface area (Å²) < 4.78 is 40.8. The highest BCUT2D eigenvalue weighted by Crippen LogP contribution is 2.67. The third-order valence-corrected chi connectivity index (χ3v) is 6.43. The molecule has 0 radical (unpaired) electrons. The molecule has 0 aliphatic heterocycles. The average Bonchev–Trinajstić information content (AvgIpc) is 3.03. The van der Waals surface area contributed by atoms with Gasteiger partial charge in [-0.15, -0.1) is 0 Å². The number of aryl methyl sites for hydroxylation is 1. The molecule has 0 amide bonds. The number of hydrogen-bond acceptors (Lipinski definition) is 3. The maximum Gasteiger partial charge on any atom is 0.433 e. The van der Waals surface area contributed by atoms with Gasteiger partial charge in [0, 0.05) is 12.5 Å². The van der Waals surface area contributed by atoms with Gasteiger partial charge in [0.2, 0.25) is 0 Å². The van der Waals surface area contributed by atoms with Gasteiger partial charge < -0.3 is 0 Å². The molecular formula is C17H19F3N4. The fourth-order valence-electron chi connectivity index (χ4n) is 4.66. The monoisotopic (exact) mass is 336 g/mol. The lowest BCUT2D eigenvalue weighted by Crippen LogP contribution is -2.32. The van der Waals surface area contributed by atoms with Crippen LogP contribution in [-0.2, 0) is 18.6 Å². The van der Waals surface area contributed by atoms with Crippen molar-refractivity contribution in [2.75, 3.05) is 0 Å². The standard InChI is InChI=1S/C17H19F3N4/c1-15(2)11-5-6-16(15,3)13-9(11)7-12(22-23-13)10-8-21-24(4)14(10)17(18,19)20/h7-8,11H,5-6H2,1-4H3/t11-,16+/m0/s1. The first-order valence-corrected chi connectivity index (χ1v) is 8.05. The first-order chi connectivity index (χ1) is 11.1. The molecule has 0 spiro atoms. The molecule has 24 heavy (non-hydrogen) atoms. The zero-order valence-corrected chi connectivity index (χ0v) is 14.1. The van der Waals surface area contributed by atoms with Crippen LogP contribution in [0.4, 0.5) is 13.2 Å². The number of aromatic nitrogens is 4. The van der Waals surface area contributed by atoms with Gasteiger partial charge in [-0.3, -0.25) is 4.68 Å². The Morgan fingerprint density at radius 3 is 2.58 bits per heavy atom. The molecule has 1 saturated carbocycles. The molecule has 0 aromatic carbocycles. The van der Waals surface area contributed by atoms with Crippen molar-refractivity contribution in [3.05, 3.63) is 29.2 Å². The van der Waals surface area contributed by atoms with Crippen LogP contribution in [0.25, 0.3) is 11.3 Å². The third-order valence-electron chi connectivity index (χ3n) is 6.43. The third kappa shape index (κ3) is 1.73. The second kappa shape index (κ2) is 4.37. The van der Waals surface area contributed by atoms with Crippen molar-refractivity contribution in [1.82, 2.24) is 20.0 Å². The van der Waals surface area contributed by atoms with Crippen molar-refractivity contribution in [2.45, 2.75) is 51.1 Å². The lowest BCUT2D eigenvalue weighted by Gasteiger charge is -2.33. The largest absolute Gasteiger partial charge is 0.433 e. The van der Waals surface area contributed by atoms with Gasteiger partial charge in [0.05, 0.1) is 23.1 Å². The number of fused-ring (bicyclic) bond motifs is 5. The van der Waals surface area contributed by atoms with Crippen molar-refractivity contribution < 1.29 is 13.2 Å². The van der Waals surface area contributed by atoms with E-state index < -0.39 is 11.9 Å². The summed E-state index contributed by atoms with van der Waals surface area (Å²) in [6.45, 7) is 6.63. The van der Waals surface area contributed by atoms with Gasteiger partial charge in [-0.1, -0.05) is 20.8 Å². The number of alkyl halides is 3. The molecule has 4 nitrogen and oxygen atoms in total. The fraction of sp³-hybridized carbons (Fsp3) is 0.588. The predicted molar refractivity (Wildman–Crippen MR) is 82.3 cm³/mol. The highest BCUT2D eigenvalue weighted by atomic mass is 19.4. The summed E-state index contributed by atoms with van der Waals surface area (Å²) in [5.41, 5.74) is 1.45. The van der Waals surface area contributed by atoms with Crippen LogP contribution in [0.2, 0.25) is 0 Å². The molecule has 0 unspecified atom stereocenters. The van der Waals surface area contributed by atoms with Crippen molar-refractivity contribution in [1.29, 1.82) is 0 Å². The molecule has 2 bridgehead atoms. The smallest absolute Gasteiger partial charge is 0.263 e. The molecule has 2 aromatic rings. The fourth-order valence-corrected chi connectivity index (χ4v) is 4.66. The highest BCUT2D eigenvalue weighted by Gasteiger charge is 2.60. The maximum absolute atomic E-state index is 13.3. The Bertz CT molecular complexity index is 837. The number of rotatable bonds is 1. The minimum absolute atomic E-state index is 0.00830. The van der Waals surface area contributed by atoms with E-state index in [-0.39, 0.29) is 22.1 Å². The van der Waals surface area contributed by atoms with Crippen LogP contribution in [-0.4, -0.2) is 20.0 Å². The molecule has 0 N–H and O–H groups in total. The maximum atomic E-state index is 13.3. The molecule has 4 rings (SSSR count). The highest BCUT2D eigenvalue weighted by molar-refractivity contribution is 5.64. The van der Waals surface area contributed by atoms with Gasteiger partial charge in [-0.25, -0.2) is 0 Å². The van der Waals surface area contributed by atoms with Gasteiger partial charge >= 0.3 is 6.18 Å². The summed E-state index contributed by atoms with van der Waals surface area (Å²) in [6, 6.07) is 1.80. The van der Waals surface area contributed by atoms with E-state index in [4.69, 9.17) is 0 Å². The molecular weight excluding hydrogens is 317 g/mol. The topological polar surface area (TPSA) is 43.6 Å². The first-order valence-electron chi connectivity index (χ1n) is 8.05. The Kier molecular flexibility index (Phi) is 2.84. The molecule has 1 fully saturated rings. The molecule has 128 valence electrons. The van der Waals surface area contributed by atoms with E-state index in [0.717, 1.165) is 28.8 Å². The Balaban J connectivity index is 1.88. The minimum Gasteiger partial charge on any atom is -0.263 e. The lowest BCUT2D eigenvalue weighted by molar-refractivity contribution is -0.143. The van der Waals surface area contributed by atoms with E-state index in [2.05, 4.69) is 36.1 Å². The molecule has 2 aliphatic carbocycles. The predicted octanol–water partition coefficient (Wildman–Crippen LogP) is 4.07. The molecule has 0 saturated heterocycles. The summed E-state index contributed by atoms with van der Waals surface area (Å²) in [5, 5.41) is 12.3. The lowest BCUT2D eigenvalue weighted by atomic mass is 9.70. The number of halogens is 3. The van der Waals surface area contributed by atoms with Crippen LogP contribution in [0.15, 0.2) is 12.3 Å². The summed E-state index contributed by atoms with van der Waals surface area (Å²) in [4.78, 5) is 0. The number of hydrogen-bond donors (Lipinski definition) is 0. The minimum atomic E-state index is -4.48. The molecule has 7 heteroatoms. The number of nitrogens with zero attached hydrogens (tertiary/aromatic N) is 4. The molecule has 2 aliphatic rings. The summed E-state index contributed by atoms with van der Waals surface area (Å²) in [5.74, 6) is 0.317.